The van der Waals surface area contributed by atoms with Gasteiger partial charge in [-0.15, -0.1) is 0 Å². The number of hydrogen-bond donors (Lipinski definition) is 0. The Morgan fingerprint density at radius 3 is 2.25 bits per heavy atom. The molecule has 1 spiro atoms. The molecule has 0 heterocycles. The third-order valence-electron chi connectivity index (χ3n) is 2.69. The van der Waals surface area contributed by atoms with Crippen molar-refractivity contribution in [2.75, 3.05) is 0 Å². The van der Waals surface area contributed by atoms with Crippen LogP contribution in [0.2, 0.25) is 0 Å². The fourth-order valence-corrected chi connectivity index (χ4v) is 1.82. The lowest BCUT2D eigenvalue weighted by Crippen LogP contribution is -2.07. The largest absolute Gasteiger partial charge is 0.247 e. The molecule has 2 aliphatic carbocycles. The SMILES string of the molecule is FC1CCCC12CC2. The molecule has 0 aromatic rings. The molecule has 0 amide bonds. The predicted molar refractivity (Wildman–Crippen MR) is 30.4 cm³/mol. The smallest absolute Gasteiger partial charge is 0.106 e. The molecule has 2 fully saturated rings. The highest BCUT2D eigenvalue weighted by atomic mass is 19.1. The second kappa shape index (κ2) is 1.26. The van der Waals surface area contributed by atoms with Gasteiger partial charge in [0.2, 0.25) is 0 Å². The molecule has 1 unspecified atom stereocenters. The van der Waals surface area contributed by atoms with Gasteiger partial charge >= 0.3 is 0 Å². The summed E-state index contributed by atoms with van der Waals surface area (Å²) in [6, 6.07) is 0. The van der Waals surface area contributed by atoms with Gasteiger partial charge in [0.15, 0.2) is 0 Å². The minimum atomic E-state index is -0.428. The first-order valence-corrected chi connectivity index (χ1v) is 3.48. The van der Waals surface area contributed by atoms with E-state index >= 15 is 0 Å². The molecule has 0 radical (unpaired) electrons. The standard InChI is InChI=1S/C7H11F/c8-6-2-1-3-7(6)4-5-7/h6H,1-5H2. The lowest BCUT2D eigenvalue weighted by Gasteiger charge is -2.06. The van der Waals surface area contributed by atoms with Gasteiger partial charge in [0.25, 0.3) is 0 Å². The van der Waals surface area contributed by atoms with Crippen molar-refractivity contribution in [2.45, 2.75) is 38.3 Å². The van der Waals surface area contributed by atoms with Gasteiger partial charge in [-0.3, -0.25) is 0 Å². The molecule has 2 rings (SSSR count). The van der Waals surface area contributed by atoms with E-state index in [4.69, 9.17) is 0 Å². The Kier molecular flexibility index (Phi) is 0.750. The fourth-order valence-electron chi connectivity index (χ4n) is 1.82. The van der Waals surface area contributed by atoms with Crippen LogP contribution in [0.4, 0.5) is 4.39 Å². The van der Waals surface area contributed by atoms with Crippen LogP contribution < -0.4 is 0 Å². The topological polar surface area (TPSA) is 0 Å². The zero-order valence-electron chi connectivity index (χ0n) is 4.99. The predicted octanol–water partition coefficient (Wildman–Crippen LogP) is 2.29. The quantitative estimate of drug-likeness (QED) is 0.453. The maximum Gasteiger partial charge on any atom is 0.106 e. The van der Waals surface area contributed by atoms with Crippen molar-refractivity contribution in [3.05, 3.63) is 0 Å². The Morgan fingerprint density at radius 2 is 2.00 bits per heavy atom. The second-order valence-corrected chi connectivity index (χ2v) is 3.22. The summed E-state index contributed by atoms with van der Waals surface area (Å²) in [4.78, 5) is 0. The molecule has 0 nitrogen and oxygen atoms in total. The van der Waals surface area contributed by atoms with Gasteiger partial charge in [-0.2, -0.15) is 0 Å². The van der Waals surface area contributed by atoms with Crippen LogP contribution >= 0.6 is 0 Å². The average molecular weight is 114 g/mol. The van der Waals surface area contributed by atoms with Crippen molar-refractivity contribution in [2.24, 2.45) is 5.41 Å². The van der Waals surface area contributed by atoms with E-state index in [2.05, 4.69) is 0 Å². The van der Waals surface area contributed by atoms with Gasteiger partial charge in [-0.25, -0.2) is 4.39 Å². The van der Waals surface area contributed by atoms with Crippen molar-refractivity contribution in [1.29, 1.82) is 0 Å². The van der Waals surface area contributed by atoms with Gasteiger partial charge in [-0.1, -0.05) is 0 Å². The number of halogens is 1. The van der Waals surface area contributed by atoms with Crippen LogP contribution in [0, 0.1) is 5.41 Å². The third kappa shape index (κ3) is 0.448. The van der Waals surface area contributed by atoms with Crippen molar-refractivity contribution >= 4 is 0 Å². The molecule has 0 aromatic carbocycles. The second-order valence-electron chi connectivity index (χ2n) is 3.22. The summed E-state index contributed by atoms with van der Waals surface area (Å²) in [5.41, 5.74) is 0.236. The molecular formula is C7H11F. The molecule has 0 bridgehead atoms. The number of hydrogen-bond acceptors (Lipinski definition) is 0. The van der Waals surface area contributed by atoms with Crippen molar-refractivity contribution in [3.8, 4) is 0 Å². The summed E-state index contributed by atoms with van der Waals surface area (Å²) in [5.74, 6) is 0. The van der Waals surface area contributed by atoms with Gasteiger partial charge in [0.1, 0.15) is 6.17 Å². The summed E-state index contributed by atoms with van der Waals surface area (Å²) >= 11 is 0. The minimum Gasteiger partial charge on any atom is -0.247 e. The average Bonchev–Trinajstić information content (AvgIpc) is 2.39. The van der Waals surface area contributed by atoms with E-state index in [0.717, 1.165) is 12.8 Å². The first-order chi connectivity index (χ1) is 3.83. The lowest BCUT2D eigenvalue weighted by atomic mass is 10.1. The van der Waals surface area contributed by atoms with Gasteiger partial charge < -0.3 is 0 Å². The first-order valence-electron chi connectivity index (χ1n) is 3.48. The van der Waals surface area contributed by atoms with E-state index in [0.29, 0.717) is 0 Å². The van der Waals surface area contributed by atoms with E-state index in [1.54, 1.807) is 0 Å². The van der Waals surface area contributed by atoms with E-state index in [1.807, 2.05) is 0 Å². The molecule has 2 saturated carbocycles. The lowest BCUT2D eigenvalue weighted by molar-refractivity contribution is 0.245. The molecule has 0 aromatic heterocycles. The zero-order chi connectivity index (χ0) is 5.61. The molecule has 1 atom stereocenters. The molecule has 8 heavy (non-hydrogen) atoms. The summed E-state index contributed by atoms with van der Waals surface area (Å²) in [6.07, 6.45) is 5.08. The molecule has 2 aliphatic rings. The maximum atomic E-state index is 12.8. The number of alkyl halides is 1. The van der Waals surface area contributed by atoms with Gasteiger partial charge in [0, 0.05) is 5.41 Å². The van der Waals surface area contributed by atoms with Crippen molar-refractivity contribution in [1.82, 2.24) is 0 Å². The third-order valence-corrected chi connectivity index (χ3v) is 2.69. The maximum absolute atomic E-state index is 12.8. The van der Waals surface area contributed by atoms with Crippen LogP contribution in [-0.2, 0) is 0 Å². The van der Waals surface area contributed by atoms with Crippen LogP contribution in [0.25, 0.3) is 0 Å². The molecule has 46 valence electrons. The Labute approximate surface area is 49.1 Å². The van der Waals surface area contributed by atoms with Crippen LogP contribution in [0.3, 0.4) is 0 Å². The van der Waals surface area contributed by atoms with Crippen molar-refractivity contribution in [3.63, 3.8) is 0 Å². The molecule has 0 N–H and O–H groups in total. The Hall–Kier alpha value is -0.0700. The summed E-state index contributed by atoms with van der Waals surface area (Å²) < 4.78 is 12.8. The molecular weight excluding hydrogens is 103 g/mol. The van der Waals surface area contributed by atoms with Gasteiger partial charge in [0.05, 0.1) is 0 Å². The highest BCUT2D eigenvalue weighted by molar-refractivity contribution is 5.02. The van der Waals surface area contributed by atoms with Crippen LogP contribution in [0.15, 0.2) is 0 Å². The van der Waals surface area contributed by atoms with Crippen molar-refractivity contribution < 1.29 is 4.39 Å². The van der Waals surface area contributed by atoms with Crippen LogP contribution in [-0.4, -0.2) is 6.17 Å². The fraction of sp³-hybridized carbons (Fsp3) is 1.00. The molecule has 1 heteroatoms. The Morgan fingerprint density at radius 1 is 1.25 bits per heavy atom. The number of rotatable bonds is 0. The monoisotopic (exact) mass is 114 g/mol. The van der Waals surface area contributed by atoms with Crippen LogP contribution in [0.5, 0.6) is 0 Å². The minimum absolute atomic E-state index is 0.236. The molecule has 0 saturated heterocycles. The van der Waals surface area contributed by atoms with E-state index in [9.17, 15) is 4.39 Å². The highest BCUT2D eigenvalue weighted by Gasteiger charge is 2.52. The Bertz CT molecular complexity index is 105. The van der Waals surface area contributed by atoms with Crippen LogP contribution in [0.1, 0.15) is 32.1 Å². The van der Waals surface area contributed by atoms with Gasteiger partial charge in [-0.05, 0) is 32.1 Å². The summed E-state index contributed by atoms with van der Waals surface area (Å²) in [6.45, 7) is 0. The first kappa shape index (κ1) is 4.78. The Balaban J connectivity index is 2.12. The summed E-state index contributed by atoms with van der Waals surface area (Å²) in [5, 5.41) is 0. The normalized spacial score (nSPS) is 40.9. The zero-order valence-corrected chi connectivity index (χ0v) is 4.99. The van der Waals surface area contributed by atoms with E-state index in [1.165, 1.54) is 19.3 Å². The molecule has 0 aliphatic heterocycles. The summed E-state index contributed by atoms with van der Waals surface area (Å²) in [7, 11) is 0. The van der Waals surface area contributed by atoms with E-state index in [-0.39, 0.29) is 5.41 Å². The highest BCUT2D eigenvalue weighted by Crippen LogP contribution is 2.58. The van der Waals surface area contributed by atoms with E-state index < -0.39 is 6.17 Å².